The number of rotatable bonds is 4. The van der Waals surface area contributed by atoms with Crippen LogP contribution in [-0.4, -0.2) is 10.9 Å². The molecule has 1 amide bonds. The molecule has 0 bridgehead atoms. The Morgan fingerprint density at radius 3 is 2.76 bits per heavy atom. The van der Waals surface area contributed by atoms with Gasteiger partial charge in [0.25, 0.3) is 5.91 Å². The van der Waals surface area contributed by atoms with Crippen molar-refractivity contribution < 1.29 is 22.4 Å². The molecule has 0 aliphatic rings. The minimum atomic E-state index is -4.62. The molecule has 0 fully saturated rings. The molecule has 0 spiro atoms. The number of hydrogen-bond acceptors (Lipinski definition) is 4. The molecule has 0 saturated heterocycles. The SMILES string of the molecule is CC(NNC(=O)c1cnccc1C(F)(F)F)c1ccco1. The van der Waals surface area contributed by atoms with Crippen LogP contribution in [0.1, 0.15) is 34.6 Å². The summed E-state index contributed by atoms with van der Waals surface area (Å²) in [6.45, 7) is 1.69. The van der Waals surface area contributed by atoms with Crippen LogP contribution in [0.2, 0.25) is 0 Å². The van der Waals surface area contributed by atoms with Crippen LogP contribution in [0.4, 0.5) is 13.2 Å². The van der Waals surface area contributed by atoms with Crippen molar-refractivity contribution in [1.82, 2.24) is 15.8 Å². The molecule has 1 atom stereocenters. The van der Waals surface area contributed by atoms with E-state index in [1.807, 2.05) is 0 Å². The fourth-order valence-electron chi connectivity index (χ4n) is 1.67. The Bertz CT molecular complexity index is 611. The Labute approximate surface area is 118 Å². The van der Waals surface area contributed by atoms with E-state index < -0.39 is 29.3 Å². The molecular weight excluding hydrogens is 287 g/mol. The van der Waals surface area contributed by atoms with E-state index in [2.05, 4.69) is 15.8 Å². The van der Waals surface area contributed by atoms with Crippen molar-refractivity contribution in [2.75, 3.05) is 0 Å². The number of pyridine rings is 1. The van der Waals surface area contributed by atoms with Gasteiger partial charge < -0.3 is 4.42 Å². The zero-order valence-electron chi connectivity index (χ0n) is 10.9. The summed E-state index contributed by atoms with van der Waals surface area (Å²) in [6.07, 6.45) is -1.31. The van der Waals surface area contributed by atoms with Gasteiger partial charge in [0.1, 0.15) is 5.76 Å². The zero-order valence-corrected chi connectivity index (χ0v) is 10.9. The summed E-state index contributed by atoms with van der Waals surface area (Å²) in [5.74, 6) is -0.383. The topological polar surface area (TPSA) is 67.2 Å². The molecule has 0 aromatic carbocycles. The Morgan fingerprint density at radius 2 is 2.14 bits per heavy atom. The second-order valence-corrected chi connectivity index (χ2v) is 4.25. The molecule has 112 valence electrons. The number of carbonyl (C=O) groups is 1. The third-order valence-electron chi connectivity index (χ3n) is 2.74. The molecule has 2 heterocycles. The van der Waals surface area contributed by atoms with Gasteiger partial charge in [0, 0.05) is 12.4 Å². The average molecular weight is 299 g/mol. The summed E-state index contributed by atoms with van der Waals surface area (Å²) >= 11 is 0. The number of nitrogens with zero attached hydrogens (tertiary/aromatic N) is 1. The van der Waals surface area contributed by atoms with Gasteiger partial charge in [-0.15, -0.1) is 0 Å². The van der Waals surface area contributed by atoms with Crippen LogP contribution >= 0.6 is 0 Å². The Kier molecular flexibility index (Phi) is 4.27. The highest BCUT2D eigenvalue weighted by molar-refractivity contribution is 5.95. The van der Waals surface area contributed by atoms with Crippen molar-refractivity contribution in [3.63, 3.8) is 0 Å². The van der Waals surface area contributed by atoms with Gasteiger partial charge in [-0.3, -0.25) is 15.2 Å². The molecule has 2 aromatic heterocycles. The molecule has 0 aliphatic carbocycles. The first kappa shape index (κ1) is 15.0. The first-order valence-corrected chi connectivity index (χ1v) is 6.00. The summed E-state index contributed by atoms with van der Waals surface area (Å²) in [4.78, 5) is 15.4. The van der Waals surface area contributed by atoms with Crippen LogP contribution in [0.5, 0.6) is 0 Å². The monoisotopic (exact) mass is 299 g/mol. The Hall–Kier alpha value is -2.35. The number of aromatic nitrogens is 1. The Balaban J connectivity index is 2.08. The van der Waals surface area contributed by atoms with Gasteiger partial charge in [0.05, 0.1) is 23.4 Å². The molecule has 2 rings (SSSR count). The van der Waals surface area contributed by atoms with E-state index >= 15 is 0 Å². The number of hydrazine groups is 1. The summed E-state index contributed by atoms with van der Waals surface area (Å²) < 4.78 is 43.5. The van der Waals surface area contributed by atoms with E-state index in [1.54, 1.807) is 19.1 Å². The summed E-state index contributed by atoms with van der Waals surface area (Å²) in [7, 11) is 0. The van der Waals surface area contributed by atoms with Crippen molar-refractivity contribution >= 4 is 5.91 Å². The molecule has 0 radical (unpaired) electrons. The van der Waals surface area contributed by atoms with Crippen LogP contribution < -0.4 is 10.9 Å². The van der Waals surface area contributed by atoms with Gasteiger partial charge in [0.15, 0.2) is 0 Å². The molecular formula is C13H12F3N3O2. The van der Waals surface area contributed by atoms with Crippen molar-refractivity contribution in [1.29, 1.82) is 0 Å². The second-order valence-electron chi connectivity index (χ2n) is 4.25. The summed E-state index contributed by atoms with van der Waals surface area (Å²) in [5.41, 5.74) is 3.19. The maximum absolute atomic E-state index is 12.8. The van der Waals surface area contributed by atoms with E-state index in [4.69, 9.17) is 4.42 Å². The first-order valence-electron chi connectivity index (χ1n) is 6.00. The highest BCUT2D eigenvalue weighted by Crippen LogP contribution is 2.31. The molecule has 0 aliphatic heterocycles. The number of halogens is 3. The minimum absolute atomic E-state index is 0.394. The number of furan rings is 1. The van der Waals surface area contributed by atoms with Crippen molar-refractivity contribution in [3.05, 3.63) is 53.7 Å². The fourth-order valence-corrected chi connectivity index (χ4v) is 1.67. The molecule has 2 aromatic rings. The van der Waals surface area contributed by atoms with Crippen molar-refractivity contribution in [2.24, 2.45) is 0 Å². The van der Waals surface area contributed by atoms with Crippen molar-refractivity contribution in [2.45, 2.75) is 19.1 Å². The van der Waals surface area contributed by atoms with E-state index in [0.29, 0.717) is 5.76 Å². The van der Waals surface area contributed by atoms with E-state index in [1.165, 1.54) is 6.26 Å². The van der Waals surface area contributed by atoms with Crippen molar-refractivity contribution in [3.8, 4) is 0 Å². The van der Waals surface area contributed by atoms with Crippen LogP contribution in [0.15, 0.2) is 41.3 Å². The lowest BCUT2D eigenvalue weighted by Crippen LogP contribution is -2.39. The van der Waals surface area contributed by atoms with Gasteiger partial charge >= 0.3 is 6.18 Å². The lowest BCUT2D eigenvalue weighted by Gasteiger charge is -2.15. The highest BCUT2D eigenvalue weighted by Gasteiger charge is 2.35. The third kappa shape index (κ3) is 3.60. The predicted molar refractivity (Wildman–Crippen MR) is 67.0 cm³/mol. The highest BCUT2D eigenvalue weighted by atomic mass is 19.4. The maximum Gasteiger partial charge on any atom is 0.417 e. The third-order valence-corrected chi connectivity index (χ3v) is 2.74. The smallest absolute Gasteiger partial charge is 0.417 e. The number of alkyl halides is 3. The van der Waals surface area contributed by atoms with Crippen LogP contribution in [0.25, 0.3) is 0 Å². The molecule has 0 saturated carbocycles. The quantitative estimate of drug-likeness (QED) is 0.852. The van der Waals surface area contributed by atoms with E-state index in [9.17, 15) is 18.0 Å². The van der Waals surface area contributed by atoms with Gasteiger partial charge in [-0.25, -0.2) is 5.43 Å². The summed E-state index contributed by atoms with van der Waals surface area (Å²) in [6, 6.07) is 3.70. The molecule has 1 unspecified atom stereocenters. The largest absolute Gasteiger partial charge is 0.468 e. The lowest BCUT2D eigenvalue weighted by molar-refractivity contribution is -0.138. The molecule has 5 nitrogen and oxygen atoms in total. The molecule has 8 heteroatoms. The first-order chi connectivity index (χ1) is 9.89. The van der Waals surface area contributed by atoms with Crippen LogP contribution in [0, 0.1) is 0 Å². The van der Waals surface area contributed by atoms with Gasteiger partial charge in [-0.1, -0.05) is 0 Å². The molecule has 21 heavy (non-hydrogen) atoms. The zero-order chi connectivity index (χ0) is 15.5. The van der Waals surface area contributed by atoms with E-state index in [0.717, 1.165) is 18.5 Å². The standard InChI is InChI=1S/C13H12F3N3O2/c1-8(11-3-2-6-21-11)18-19-12(20)9-7-17-5-4-10(9)13(14,15)16/h2-8,18H,1H3,(H,19,20). The van der Waals surface area contributed by atoms with E-state index in [-0.39, 0.29) is 0 Å². The number of carbonyl (C=O) groups excluding carboxylic acids is 1. The molecule has 2 N–H and O–H groups in total. The van der Waals surface area contributed by atoms with Crippen LogP contribution in [-0.2, 0) is 6.18 Å². The van der Waals surface area contributed by atoms with Gasteiger partial charge in [-0.2, -0.15) is 13.2 Å². The maximum atomic E-state index is 12.8. The number of amides is 1. The normalized spacial score (nSPS) is 13.0. The predicted octanol–water partition coefficient (Wildman–Crippen LogP) is 2.69. The van der Waals surface area contributed by atoms with Gasteiger partial charge in [-0.05, 0) is 25.1 Å². The average Bonchev–Trinajstić information content (AvgIpc) is 2.97. The summed E-state index contributed by atoms with van der Waals surface area (Å²) in [5, 5.41) is 0. The lowest BCUT2D eigenvalue weighted by atomic mass is 10.1. The fraction of sp³-hybridized carbons (Fsp3) is 0.231. The Morgan fingerprint density at radius 1 is 1.38 bits per heavy atom. The number of nitrogens with one attached hydrogen (secondary N) is 2. The van der Waals surface area contributed by atoms with Gasteiger partial charge in [0.2, 0.25) is 0 Å². The minimum Gasteiger partial charge on any atom is -0.468 e. The number of hydrogen-bond donors (Lipinski definition) is 2. The second kappa shape index (κ2) is 5.96. The van der Waals surface area contributed by atoms with Crippen LogP contribution in [0.3, 0.4) is 0 Å².